The number of rotatable bonds is 3. The van der Waals surface area contributed by atoms with Crippen molar-refractivity contribution in [1.82, 2.24) is 0 Å². The molecule has 0 saturated heterocycles. The van der Waals surface area contributed by atoms with Gasteiger partial charge in [-0.25, -0.2) is 22.0 Å². The molecule has 4 N–H and O–H groups in total. The fraction of sp³-hybridized carbons (Fsp3) is 0.143. The zero-order valence-corrected chi connectivity index (χ0v) is 15.4. The summed E-state index contributed by atoms with van der Waals surface area (Å²) in [5, 5.41) is 4.57. The Morgan fingerprint density at radius 3 is 2.08 bits per heavy atom. The van der Waals surface area contributed by atoms with Crippen molar-refractivity contribution in [2.75, 3.05) is 5.73 Å². The van der Waals surface area contributed by atoms with Crippen molar-refractivity contribution in [3.05, 3.63) is 46.5 Å². The van der Waals surface area contributed by atoms with E-state index in [4.69, 9.17) is 22.5 Å². The van der Waals surface area contributed by atoms with E-state index >= 15 is 0 Å². The van der Waals surface area contributed by atoms with Gasteiger partial charge in [0.05, 0.1) is 31.0 Å². The number of sulfone groups is 1. The second kappa shape index (κ2) is 6.41. The van der Waals surface area contributed by atoms with Crippen LogP contribution in [0.2, 0.25) is 5.02 Å². The van der Waals surface area contributed by atoms with E-state index in [2.05, 4.69) is 0 Å². The van der Waals surface area contributed by atoms with Crippen LogP contribution in [-0.2, 0) is 26.0 Å². The lowest BCUT2D eigenvalue weighted by Gasteiger charge is -2.16. The predicted molar refractivity (Wildman–Crippen MR) is 88.9 cm³/mol. The van der Waals surface area contributed by atoms with Gasteiger partial charge in [-0.05, 0) is 36.8 Å². The molecule has 2 aromatic rings. The van der Waals surface area contributed by atoms with Gasteiger partial charge in [0, 0.05) is 0 Å². The molecule has 0 unspecified atom stereocenters. The van der Waals surface area contributed by atoms with Crippen LogP contribution in [0.1, 0.15) is 11.1 Å². The molecule has 0 amide bonds. The van der Waals surface area contributed by atoms with E-state index in [-0.39, 0.29) is 5.56 Å². The molecular weight excluding hydrogens is 417 g/mol. The van der Waals surface area contributed by atoms with E-state index in [0.29, 0.717) is 18.2 Å². The molecule has 2 aromatic carbocycles. The Morgan fingerprint density at radius 2 is 1.58 bits per heavy atom. The highest BCUT2D eigenvalue weighted by atomic mass is 35.5. The molecule has 0 atom stereocenters. The summed E-state index contributed by atoms with van der Waals surface area (Å²) in [6, 6.07) is 3.86. The molecule has 0 saturated carbocycles. The van der Waals surface area contributed by atoms with E-state index in [9.17, 15) is 30.0 Å². The van der Waals surface area contributed by atoms with Crippen molar-refractivity contribution in [2.45, 2.75) is 27.8 Å². The molecule has 6 nitrogen and oxygen atoms in total. The molecule has 0 aliphatic heterocycles. The van der Waals surface area contributed by atoms with Crippen LogP contribution in [0.3, 0.4) is 0 Å². The standard InChI is InChI=1S/C14H12ClF3N2O4S2/c1-7-2-3-8(26(20,23)24)4-12(7)25(21,22)13-6-10(15)11(19)5-9(13)14(16,17)18/h2-6H,19H2,1H3,(H2,20,23,24). The van der Waals surface area contributed by atoms with Crippen LogP contribution in [0.4, 0.5) is 18.9 Å². The maximum atomic E-state index is 13.3. The number of halogens is 4. The Balaban J connectivity index is 2.88. The number of alkyl halides is 3. The lowest BCUT2D eigenvalue weighted by Crippen LogP contribution is -2.17. The van der Waals surface area contributed by atoms with Gasteiger partial charge in [0.1, 0.15) is 0 Å². The number of anilines is 1. The van der Waals surface area contributed by atoms with Gasteiger partial charge in [-0.1, -0.05) is 17.7 Å². The monoisotopic (exact) mass is 428 g/mol. The first-order valence-corrected chi connectivity index (χ1v) is 10.1. The van der Waals surface area contributed by atoms with Crippen LogP contribution in [0, 0.1) is 6.92 Å². The molecule has 0 spiro atoms. The highest BCUT2D eigenvalue weighted by molar-refractivity contribution is 7.91. The maximum Gasteiger partial charge on any atom is 0.417 e. The van der Waals surface area contributed by atoms with Gasteiger partial charge in [0.25, 0.3) is 0 Å². The van der Waals surface area contributed by atoms with E-state index in [1.54, 1.807) is 0 Å². The topological polar surface area (TPSA) is 120 Å². The molecule has 26 heavy (non-hydrogen) atoms. The fourth-order valence-electron chi connectivity index (χ4n) is 2.18. The van der Waals surface area contributed by atoms with Crippen molar-refractivity contribution >= 4 is 37.1 Å². The summed E-state index contributed by atoms with van der Waals surface area (Å²) in [6.07, 6.45) is -5.04. The maximum absolute atomic E-state index is 13.3. The first-order valence-electron chi connectivity index (χ1n) is 6.70. The minimum Gasteiger partial charge on any atom is -0.398 e. The van der Waals surface area contributed by atoms with Crippen molar-refractivity contribution in [3.63, 3.8) is 0 Å². The first-order chi connectivity index (χ1) is 11.7. The van der Waals surface area contributed by atoms with Crippen LogP contribution < -0.4 is 10.9 Å². The molecule has 0 radical (unpaired) electrons. The van der Waals surface area contributed by atoms with Gasteiger partial charge in [0.2, 0.25) is 19.9 Å². The molecule has 142 valence electrons. The largest absolute Gasteiger partial charge is 0.417 e. The third kappa shape index (κ3) is 3.80. The van der Waals surface area contributed by atoms with Crippen LogP contribution >= 0.6 is 11.6 Å². The summed E-state index contributed by atoms with van der Waals surface area (Å²) in [6.45, 7) is 1.30. The Morgan fingerprint density at radius 1 is 1.00 bits per heavy atom. The molecule has 0 fully saturated rings. The molecule has 0 bridgehead atoms. The average molecular weight is 429 g/mol. The van der Waals surface area contributed by atoms with E-state index in [0.717, 1.165) is 12.1 Å². The summed E-state index contributed by atoms with van der Waals surface area (Å²) in [7, 11) is -9.06. The van der Waals surface area contributed by atoms with Gasteiger partial charge in [-0.2, -0.15) is 13.2 Å². The van der Waals surface area contributed by atoms with Gasteiger partial charge < -0.3 is 5.73 Å². The Bertz CT molecular complexity index is 1100. The highest BCUT2D eigenvalue weighted by Crippen LogP contribution is 2.40. The lowest BCUT2D eigenvalue weighted by molar-refractivity contribution is -0.139. The molecule has 2 rings (SSSR count). The third-order valence-electron chi connectivity index (χ3n) is 3.47. The molecular formula is C14H12ClF3N2O4S2. The van der Waals surface area contributed by atoms with Crippen LogP contribution in [-0.4, -0.2) is 16.8 Å². The van der Waals surface area contributed by atoms with Crippen molar-refractivity contribution < 1.29 is 30.0 Å². The summed E-state index contributed by atoms with van der Waals surface area (Å²) < 4.78 is 88.4. The zero-order chi connectivity index (χ0) is 20.1. The number of primary sulfonamides is 1. The Labute approximate surface area is 152 Å². The summed E-state index contributed by atoms with van der Waals surface area (Å²) in [5.74, 6) is 0. The highest BCUT2D eigenvalue weighted by Gasteiger charge is 2.39. The van der Waals surface area contributed by atoms with E-state index < -0.39 is 57.0 Å². The van der Waals surface area contributed by atoms with E-state index in [1.807, 2.05) is 0 Å². The quantitative estimate of drug-likeness (QED) is 0.728. The number of benzene rings is 2. The molecule has 0 aromatic heterocycles. The fourth-order valence-corrected chi connectivity index (χ4v) is 4.77. The van der Waals surface area contributed by atoms with Crippen molar-refractivity contribution in [3.8, 4) is 0 Å². The molecule has 12 heteroatoms. The summed E-state index contributed by atoms with van der Waals surface area (Å²) >= 11 is 5.70. The third-order valence-corrected chi connectivity index (χ3v) is 6.65. The number of hydrogen-bond acceptors (Lipinski definition) is 5. The minimum atomic E-state index is -5.04. The first kappa shape index (κ1) is 20.5. The number of nitrogen functional groups attached to an aromatic ring is 1. The minimum absolute atomic E-state index is 0.0264. The summed E-state index contributed by atoms with van der Waals surface area (Å²) in [4.78, 5) is -2.34. The van der Waals surface area contributed by atoms with Gasteiger partial charge >= 0.3 is 6.18 Å². The zero-order valence-electron chi connectivity index (χ0n) is 13.0. The van der Waals surface area contributed by atoms with Gasteiger partial charge in [-0.3, -0.25) is 0 Å². The van der Waals surface area contributed by atoms with Crippen LogP contribution in [0.5, 0.6) is 0 Å². The number of sulfonamides is 1. The molecule has 0 heterocycles. The Kier molecular flexibility index (Phi) is 5.05. The number of nitrogens with two attached hydrogens (primary N) is 2. The lowest BCUT2D eigenvalue weighted by atomic mass is 10.2. The van der Waals surface area contributed by atoms with E-state index in [1.165, 1.54) is 6.92 Å². The van der Waals surface area contributed by atoms with Gasteiger partial charge in [-0.15, -0.1) is 0 Å². The van der Waals surface area contributed by atoms with Crippen molar-refractivity contribution in [2.24, 2.45) is 5.14 Å². The average Bonchev–Trinajstić information content (AvgIpc) is 2.47. The smallest absolute Gasteiger partial charge is 0.398 e. The Hall–Kier alpha value is -1.82. The molecule has 0 aliphatic rings. The second-order valence-corrected chi connectivity index (χ2v) is 9.20. The number of aryl methyl sites for hydroxylation is 1. The molecule has 0 aliphatic carbocycles. The van der Waals surface area contributed by atoms with Crippen molar-refractivity contribution in [1.29, 1.82) is 0 Å². The van der Waals surface area contributed by atoms with Crippen LogP contribution in [0.25, 0.3) is 0 Å². The van der Waals surface area contributed by atoms with Crippen LogP contribution in [0.15, 0.2) is 45.0 Å². The van der Waals surface area contributed by atoms with Gasteiger partial charge in [0.15, 0.2) is 0 Å². The number of hydrogen-bond donors (Lipinski definition) is 2. The summed E-state index contributed by atoms with van der Waals surface area (Å²) in [5.41, 5.74) is 3.42. The SMILES string of the molecule is Cc1ccc(S(N)(=O)=O)cc1S(=O)(=O)c1cc(Cl)c(N)cc1C(F)(F)F. The second-order valence-electron chi connectivity index (χ2n) is 5.34. The predicted octanol–water partition coefficient (Wildman–Crippen LogP) is 2.73. The normalized spacial score (nSPS) is 13.0.